The van der Waals surface area contributed by atoms with Gasteiger partial charge in [-0.2, -0.15) is 0 Å². The first-order valence-electron chi connectivity index (χ1n) is 9.54. The van der Waals surface area contributed by atoms with Crippen molar-refractivity contribution in [2.75, 3.05) is 0 Å². The van der Waals surface area contributed by atoms with Crippen molar-refractivity contribution < 1.29 is 14.4 Å². The maximum absolute atomic E-state index is 13.3. The molecular formula is C21H28O3. The molecule has 0 unspecified atom stereocenters. The van der Waals surface area contributed by atoms with Crippen LogP contribution in [0.5, 0.6) is 0 Å². The summed E-state index contributed by atoms with van der Waals surface area (Å²) in [7, 11) is 0. The minimum atomic E-state index is -0.133. The van der Waals surface area contributed by atoms with E-state index >= 15 is 0 Å². The first-order chi connectivity index (χ1) is 11.3. The van der Waals surface area contributed by atoms with Gasteiger partial charge in [0.15, 0.2) is 5.78 Å². The Labute approximate surface area is 144 Å². The number of hydrogen-bond acceptors (Lipinski definition) is 3. The maximum atomic E-state index is 13.3. The molecule has 3 nitrogen and oxygen atoms in total. The molecule has 3 fully saturated rings. The normalized spacial score (nSPS) is 47.5. The molecule has 0 heterocycles. The van der Waals surface area contributed by atoms with Crippen LogP contribution in [0.4, 0.5) is 0 Å². The van der Waals surface area contributed by atoms with Gasteiger partial charge in [0, 0.05) is 24.7 Å². The molecule has 0 bridgehead atoms. The molecule has 24 heavy (non-hydrogen) atoms. The summed E-state index contributed by atoms with van der Waals surface area (Å²) in [5.41, 5.74) is 0.966. The van der Waals surface area contributed by atoms with Crippen LogP contribution in [0.3, 0.4) is 0 Å². The molecule has 0 aromatic heterocycles. The van der Waals surface area contributed by atoms with Crippen LogP contribution in [0, 0.1) is 34.5 Å². The van der Waals surface area contributed by atoms with E-state index < -0.39 is 0 Å². The summed E-state index contributed by atoms with van der Waals surface area (Å²) in [6.07, 6.45) is 7.80. The quantitative estimate of drug-likeness (QED) is 0.733. The summed E-state index contributed by atoms with van der Waals surface area (Å²) >= 11 is 0. The Morgan fingerprint density at radius 3 is 2.58 bits per heavy atom. The average molecular weight is 328 g/mol. The van der Waals surface area contributed by atoms with E-state index in [-0.39, 0.29) is 34.2 Å². The van der Waals surface area contributed by atoms with Gasteiger partial charge in [0.05, 0.1) is 0 Å². The van der Waals surface area contributed by atoms with Gasteiger partial charge in [-0.25, -0.2) is 0 Å². The second kappa shape index (κ2) is 5.12. The van der Waals surface area contributed by atoms with Crippen LogP contribution < -0.4 is 0 Å². The maximum Gasteiger partial charge on any atom is 0.155 e. The number of carbonyl (C=O) groups excluding carboxylic acids is 3. The predicted molar refractivity (Wildman–Crippen MR) is 91.3 cm³/mol. The lowest BCUT2D eigenvalue weighted by atomic mass is 9.46. The molecular weight excluding hydrogens is 300 g/mol. The smallest absolute Gasteiger partial charge is 0.155 e. The highest BCUT2D eigenvalue weighted by atomic mass is 16.1. The summed E-state index contributed by atoms with van der Waals surface area (Å²) in [5.74, 6) is 1.86. The van der Waals surface area contributed by atoms with E-state index in [1.165, 1.54) is 5.57 Å². The molecule has 0 amide bonds. The molecule has 0 aromatic rings. The van der Waals surface area contributed by atoms with Crippen LogP contribution in [-0.2, 0) is 14.4 Å². The standard InChI is InChI=1S/C21H28O3/c1-12(22)16-6-7-17-15-5-4-13-10-14(23)8-9-20(13,2)19(15)18(24)11-21(16,17)3/h10,15-17,19H,4-9,11H2,1-3H3/t15-,16+,17-,19+,20-,21+/m0/s1. The zero-order chi connectivity index (χ0) is 17.3. The number of ketones is 3. The lowest BCUT2D eigenvalue weighted by Crippen LogP contribution is -2.55. The van der Waals surface area contributed by atoms with Crippen LogP contribution in [0.15, 0.2) is 11.6 Å². The van der Waals surface area contributed by atoms with Gasteiger partial charge in [0.2, 0.25) is 0 Å². The molecule has 3 heteroatoms. The largest absolute Gasteiger partial charge is 0.300 e. The summed E-state index contributed by atoms with van der Waals surface area (Å²) in [4.78, 5) is 37.3. The molecule has 6 atom stereocenters. The Kier molecular flexibility index (Phi) is 3.47. The molecule has 4 aliphatic rings. The minimum absolute atomic E-state index is 0.0603. The monoisotopic (exact) mass is 328 g/mol. The molecule has 130 valence electrons. The van der Waals surface area contributed by atoms with Crippen molar-refractivity contribution in [3.05, 3.63) is 11.6 Å². The van der Waals surface area contributed by atoms with Crippen molar-refractivity contribution in [2.45, 2.75) is 65.7 Å². The van der Waals surface area contributed by atoms with E-state index in [1.54, 1.807) is 6.92 Å². The second-order valence-corrected chi connectivity index (χ2v) is 9.23. The fourth-order valence-electron chi connectivity index (χ4n) is 7.05. The van der Waals surface area contributed by atoms with Crippen LogP contribution in [-0.4, -0.2) is 17.3 Å². The summed E-state index contributed by atoms with van der Waals surface area (Å²) < 4.78 is 0. The van der Waals surface area contributed by atoms with Crippen LogP contribution in [0.2, 0.25) is 0 Å². The van der Waals surface area contributed by atoms with Crippen LogP contribution in [0.25, 0.3) is 0 Å². The van der Waals surface area contributed by atoms with E-state index in [4.69, 9.17) is 0 Å². The first kappa shape index (κ1) is 16.2. The highest BCUT2D eigenvalue weighted by Crippen LogP contribution is 2.65. The Morgan fingerprint density at radius 2 is 1.88 bits per heavy atom. The Bertz CT molecular complexity index is 660. The van der Waals surface area contributed by atoms with Gasteiger partial charge in [-0.05, 0) is 67.8 Å². The van der Waals surface area contributed by atoms with Gasteiger partial charge in [0.1, 0.15) is 11.6 Å². The molecule has 4 aliphatic carbocycles. The van der Waals surface area contributed by atoms with E-state index in [0.29, 0.717) is 30.5 Å². The van der Waals surface area contributed by atoms with Crippen molar-refractivity contribution in [3.8, 4) is 0 Å². The van der Waals surface area contributed by atoms with E-state index in [0.717, 1.165) is 32.1 Å². The predicted octanol–water partition coefficient (Wildman–Crippen LogP) is 3.90. The summed E-state index contributed by atoms with van der Waals surface area (Å²) in [6.45, 7) is 6.12. The van der Waals surface area contributed by atoms with Crippen molar-refractivity contribution in [1.82, 2.24) is 0 Å². The second-order valence-electron chi connectivity index (χ2n) is 9.23. The lowest BCUT2D eigenvalue weighted by Gasteiger charge is -2.56. The van der Waals surface area contributed by atoms with Gasteiger partial charge in [-0.3, -0.25) is 14.4 Å². The van der Waals surface area contributed by atoms with Crippen LogP contribution >= 0.6 is 0 Å². The molecule has 0 saturated heterocycles. The number of rotatable bonds is 1. The third kappa shape index (κ3) is 1.99. The van der Waals surface area contributed by atoms with Crippen LogP contribution in [0.1, 0.15) is 65.7 Å². The van der Waals surface area contributed by atoms with Gasteiger partial charge < -0.3 is 0 Å². The Morgan fingerprint density at radius 1 is 1.12 bits per heavy atom. The molecule has 0 spiro atoms. The zero-order valence-corrected chi connectivity index (χ0v) is 15.1. The summed E-state index contributed by atoms with van der Waals surface area (Å²) in [5, 5.41) is 0. The molecule has 3 saturated carbocycles. The minimum Gasteiger partial charge on any atom is -0.300 e. The fourth-order valence-corrected chi connectivity index (χ4v) is 7.05. The van der Waals surface area contributed by atoms with E-state index in [1.807, 2.05) is 6.08 Å². The molecule has 0 aromatic carbocycles. The third-order valence-corrected chi connectivity index (χ3v) is 8.14. The van der Waals surface area contributed by atoms with Gasteiger partial charge in [0.25, 0.3) is 0 Å². The Hall–Kier alpha value is -1.25. The fraction of sp³-hybridized carbons (Fsp3) is 0.762. The lowest BCUT2D eigenvalue weighted by molar-refractivity contribution is -0.148. The number of carbonyl (C=O) groups is 3. The highest BCUT2D eigenvalue weighted by molar-refractivity contribution is 5.93. The van der Waals surface area contributed by atoms with Gasteiger partial charge >= 0.3 is 0 Å². The van der Waals surface area contributed by atoms with Crippen molar-refractivity contribution in [3.63, 3.8) is 0 Å². The molecule has 0 aliphatic heterocycles. The topological polar surface area (TPSA) is 51.2 Å². The van der Waals surface area contributed by atoms with Crippen molar-refractivity contribution in [2.24, 2.45) is 34.5 Å². The average Bonchev–Trinajstić information content (AvgIpc) is 2.84. The Balaban J connectivity index is 1.74. The molecule has 0 radical (unpaired) electrons. The van der Waals surface area contributed by atoms with E-state index in [2.05, 4.69) is 13.8 Å². The van der Waals surface area contributed by atoms with Gasteiger partial charge in [-0.1, -0.05) is 19.4 Å². The summed E-state index contributed by atoms with van der Waals surface area (Å²) in [6, 6.07) is 0. The number of fused-ring (bicyclic) bond motifs is 5. The first-order valence-corrected chi connectivity index (χ1v) is 9.54. The molecule has 0 N–H and O–H groups in total. The van der Waals surface area contributed by atoms with Crippen molar-refractivity contribution >= 4 is 17.3 Å². The third-order valence-electron chi connectivity index (χ3n) is 8.14. The molecule has 4 rings (SSSR count). The zero-order valence-electron chi connectivity index (χ0n) is 15.1. The van der Waals surface area contributed by atoms with E-state index in [9.17, 15) is 14.4 Å². The number of hydrogen-bond donors (Lipinski definition) is 0. The number of Topliss-reactive ketones (excluding diaryl/α,β-unsaturated/α-hetero) is 2. The SMILES string of the molecule is CC(=O)[C@H]1CC[C@H]2[C@@H]3CCC4=CC(=O)CC[C@]4(C)[C@H]3C(=O)C[C@]12C. The number of allylic oxidation sites excluding steroid dienone is 1. The highest BCUT2D eigenvalue weighted by Gasteiger charge is 2.62. The van der Waals surface area contributed by atoms with Gasteiger partial charge in [-0.15, -0.1) is 0 Å². The van der Waals surface area contributed by atoms with Crippen molar-refractivity contribution in [1.29, 1.82) is 0 Å².